The van der Waals surface area contributed by atoms with Gasteiger partial charge in [-0.15, -0.1) is 0 Å². The van der Waals surface area contributed by atoms with Crippen molar-refractivity contribution in [2.24, 2.45) is 0 Å². The van der Waals surface area contributed by atoms with E-state index in [2.05, 4.69) is 5.32 Å². The highest BCUT2D eigenvalue weighted by molar-refractivity contribution is 5.70. The number of aryl methyl sites for hydroxylation is 1. The number of hydrogen-bond acceptors (Lipinski definition) is 4. The summed E-state index contributed by atoms with van der Waals surface area (Å²) >= 11 is 0. The number of para-hydroxylation sites is 1. The molecule has 0 aliphatic heterocycles. The molecule has 0 aliphatic rings. The SMILES string of the molecule is Cc1ccc(CC(C)(C)NC[C@@H](O)COC(C)c2cccc(-c3ccccc3O)c2)cc1F. The van der Waals surface area contributed by atoms with Crippen LogP contribution in [0.25, 0.3) is 11.1 Å². The Morgan fingerprint density at radius 3 is 2.52 bits per heavy atom. The molecule has 0 radical (unpaired) electrons. The molecule has 0 heterocycles. The Morgan fingerprint density at radius 2 is 1.79 bits per heavy atom. The molecule has 1 unspecified atom stereocenters. The van der Waals surface area contributed by atoms with Gasteiger partial charge in [-0.2, -0.15) is 0 Å². The van der Waals surface area contributed by atoms with Crippen molar-refractivity contribution in [3.05, 3.63) is 89.2 Å². The molecule has 33 heavy (non-hydrogen) atoms. The van der Waals surface area contributed by atoms with Crippen molar-refractivity contribution in [2.75, 3.05) is 13.2 Å². The van der Waals surface area contributed by atoms with Gasteiger partial charge in [-0.05, 0) is 74.6 Å². The first kappa shape index (κ1) is 24.9. The Morgan fingerprint density at radius 1 is 1.03 bits per heavy atom. The van der Waals surface area contributed by atoms with Crippen LogP contribution >= 0.6 is 0 Å². The first-order valence-corrected chi connectivity index (χ1v) is 11.3. The molecule has 0 aliphatic carbocycles. The van der Waals surface area contributed by atoms with Crippen molar-refractivity contribution in [2.45, 2.75) is 51.9 Å². The van der Waals surface area contributed by atoms with Crippen molar-refractivity contribution < 1.29 is 19.3 Å². The van der Waals surface area contributed by atoms with E-state index in [0.29, 0.717) is 18.5 Å². The number of aliphatic hydroxyl groups is 1. The van der Waals surface area contributed by atoms with E-state index >= 15 is 0 Å². The van der Waals surface area contributed by atoms with Gasteiger partial charge in [-0.3, -0.25) is 0 Å². The fourth-order valence-corrected chi connectivity index (χ4v) is 3.80. The molecule has 0 fully saturated rings. The average Bonchev–Trinajstić information content (AvgIpc) is 2.79. The minimum absolute atomic E-state index is 0.185. The number of phenols is 1. The third-order valence-corrected chi connectivity index (χ3v) is 5.81. The number of phenolic OH excluding ortho intramolecular Hbond substituents is 1. The fourth-order valence-electron chi connectivity index (χ4n) is 3.80. The highest BCUT2D eigenvalue weighted by Gasteiger charge is 2.20. The molecule has 5 heteroatoms. The van der Waals surface area contributed by atoms with Gasteiger partial charge in [0, 0.05) is 17.6 Å². The standard InChI is InChI=1S/C28H34FNO3/c1-19-12-13-21(14-26(19)29)16-28(3,4)30-17-24(31)18-33-20(2)22-8-7-9-23(15-22)25-10-5-6-11-27(25)32/h5-15,20,24,30-32H,16-18H2,1-4H3/t20?,24-/m1/s1. The maximum atomic E-state index is 13.8. The lowest BCUT2D eigenvalue weighted by Gasteiger charge is -2.28. The quantitative estimate of drug-likeness (QED) is 0.378. The smallest absolute Gasteiger partial charge is 0.126 e. The molecule has 4 nitrogen and oxygen atoms in total. The summed E-state index contributed by atoms with van der Waals surface area (Å²) in [4.78, 5) is 0. The summed E-state index contributed by atoms with van der Waals surface area (Å²) in [7, 11) is 0. The number of halogens is 1. The molecule has 0 bridgehead atoms. The highest BCUT2D eigenvalue weighted by Crippen LogP contribution is 2.30. The predicted octanol–water partition coefficient (Wildman–Crippen LogP) is 5.56. The maximum Gasteiger partial charge on any atom is 0.126 e. The van der Waals surface area contributed by atoms with E-state index in [-0.39, 0.29) is 29.8 Å². The van der Waals surface area contributed by atoms with Gasteiger partial charge in [0.05, 0.1) is 18.8 Å². The fraction of sp³-hybridized carbons (Fsp3) is 0.357. The van der Waals surface area contributed by atoms with E-state index in [1.54, 1.807) is 31.2 Å². The van der Waals surface area contributed by atoms with Gasteiger partial charge in [0.1, 0.15) is 11.6 Å². The molecule has 3 aromatic rings. The zero-order valence-electron chi connectivity index (χ0n) is 19.8. The van der Waals surface area contributed by atoms with Crippen molar-refractivity contribution in [3.8, 4) is 16.9 Å². The van der Waals surface area contributed by atoms with Gasteiger partial charge in [0.15, 0.2) is 0 Å². The second-order valence-corrected chi connectivity index (χ2v) is 9.30. The van der Waals surface area contributed by atoms with Crippen LogP contribution in [-0.4, -0.2) is 35.0 Å². The van der Waals surface area contributed by atoms with Gasteiger partial charge < -0.3 is 20.3 Å². The lowest BCUT2D eigenvalue weighted by atomic mass is 9.94. The van der Waals surface area contributed by atoms with Crippen LogP contribution in [0.2, 0.25) is 0 Å². The number of nitrogens with one attached hydrogen (secondary N) is 1. The van der Waals surface area contributed by atoms with E-state index in [0.717, 1.165) is 22.3 Å². The summed E-state index contributed by atoms with van der Waals surface area (Å²) in [5.41, 5.74) is 3.90. The number of benzene rings is 3. The number of rotatable bonds is 10. The molecule has 0 saturated carbocycles. The van der Waals surface area contributed by atoms with Crippen LogP contribution in [0.4, 0.5) is 4.39 Å². The van der Waals surface area contributed by atoms with Crippen LogP contribution in [-0.2, 0) is 11.2 Å². The summed E-state index contributed by atoms with van der Waals surface area (Å²) in [5.74, 6) is 0.0398. The van der Waals surface area contributed by atoms with Crippen LogP contribution in [0.15, 0.2) is 66.7 Å². The Balaban J connectivity index is 1.51. The molecule has 3 rings (SSSR count). The summed E-state index contributed by atoms with van der Waals surface area (Å²) in [6.45, 7) is 8.31. The molecule has 176 valence electrons. The molecule has 2 atom stereocenters. The molecule has 0 amide bonds. The van der Waals surface area contributed by atoms with Crippen LogP contribution in [0.1, 0.15) is 43.6 Å². The summed E-state index contributed by atoms with van der Waals surface area (Å²) in [6.07, 6.45) is -0.246. The van der Waals surface area contributed by atoms with E-state index in [1.807, 2.05) is 63.2 Å². The number of β-amino-alcohol motifs (C(OH)–C–C–N with tert-alkyl or cyclic N) is 1. The van der Waals surface area contributed by atoms with Crippen LogP contribution in [0.5, 0.6) is 5.75 Å². The summed E-state index contributed by atoms with van der Waals surface area (Å²) in [5, 5.41) is 23.9. The molecule has 3 aromatic carbocycles. The Bertz CT molecular complexity index is 1070. The summed E-state index contributed by atoms with van der Waals surface area (Å²) in [6, 6.07) is 20.4. The molecule has 0 spiro atoms. The second kappa shape index (κ2) is 10.9. The molecule has 0 saturated heterocycles. The first-order chi connectivity index (χ1) is 15.6. The number of ether oxygens (including phenoxy) is 1. The van der Waals surface area contributed by atoms with Crippen LogP contribution in [0, 0.1) is 12.7 Å². The van der Waals surface area contributed by atoms with Gasteiger partial charge in [0.25, 0.3) is 0 Å². The minimum atomic E-state index is -0.678. The number of aliphatic hydroxyl groups excluding tert-OH is 1. The third kappa shape index (κ3) is 7.13. The second-order valence-electron chi connectivity index (χ2n) is 9.30. The zero-order chi connectivity index (χ0) is 24.0. The van der Waals surface area contributed by atoms with Gasteiger partial charge in [-0.25, -0.2) is 4.39 Å². The first-order valence-electron chi connectivity index (χ1n) is 11.3. The summed E-state index contributed by atoms with van der Waals surface area (Å²) < 4.78 is 19.8. The molecular formula is C28H34FNO3. The minimum Gasteiger partial charge on any atom is -0.507 e. The lowest BCUT2D eigenvalue weighted by molar-refractivity contribution is -0.00416. The van der Waals surface area contributed by atoms with Gasteiger partial charge in [-0.1, -0.05) is 48.5 Å². The normalized spacial score (nSPS) is 13.6. The van der Waals surface area contributed by atoms with E-state index in [9.17, 15) is 14.6 Å². The third-order valence-electron chi connectivity index (χ3n) is 5.81. The van der Waals surface area contributed by atoms with Crippen LogP contribution in [0.3, 0.4) is 0 Å². The number of aromatic hydroxyl groups is 1. The lowest BCUT2D eigenvalue weighted by Crippen LogP contribution is -2.46. The van der Waals surface area contributed by atoms with Gasteiger partial charge >= 0.3 is 0 Å². The van der Waals surface area contributed by atoms with Crippen molar-refractivity contribution >= 4 is 0 Å². The van der Waals surface area contributed by atoms with E-state index in [4.69, 9.17) is 4.74 Å². The molecule has 3 N–H and O–H groups in total. The highest BCUT2D eigenvalue weighted by atomic mass is 19.1. The predicted molar refractivity (Wildman–Crippen MR) is 131 cm³/mol. The number of hydrogen-bond donors (Lipinski definition) is 3. The maximum absolute atomic E-state index is 13.8. The molecule has 0 aromatic heterocycles. The van der Waals surface area contributed by atoms with Crippen LogP contribution < -0.4 is 5.32 Å². The average molecular weight is 452 g/mol. The van der Waals surface area contributed by atoms with E-state index < -0.39 is 6.10 Å². The van der Waals surface area contributed by atoms with Gasteiger partial charge in [0.2, 0.25) is 0 Å². The topological polar surface area (TPSA) is 61.7 Å². The zero-order valence-corrected chi connectivity index (χ0v) is 19.8. The largest absolute Gasteiger partial charge is 0.507 e. The van der Waals surface area contributed by atoms with Crippen molar-refractivity contribution in [1.29, 1.82) is 0 Å². The van der Waals surface area contributed by atoms with Crippen molar-refractivity contribution in [1.82, 2.24) is 5.32 Å². The monoisotopic (exact) mass is 451 g/mol. The molecular weight excluding hydrogens is 417 g/mol. The Kier molecular flexibility index (Phi) is 8.25. The Hall–Kier alpha value is -2.73. The van der Waals surface area contributed by atoms with E-state index in [1.165, 1.54) is 0 Å². The van der Waals surface area contributed by atoms with Crippen molar-refractivity contribution in [3.63, 3.8) is 0 Å². The Labute approximate surface area is 196 Å².